The second kappa shape index (κ2) is 7.02. The summed E-state index contributed by atoms with van der Waals surface area (Å²) in [5.41, 5.74) is 0.954. The van der Waals surface area contributed by atoms with Crippen molar-refractivity contribution in [2.45, 2.75) is 51.0 Å². The summed E-state index contributed by atoms with van der Waals surface area (Å²) in [4.78, 5) is 6.51. The van der Waals surface area contributed by atoms with Crippen LogP contribution in [-0.4, -0.2) is 65.3 Å². The molecule has 0 spiro atoms. The summed E-state index contributed by atoms with van der Waals surface area (Å²) in [6, 6.07) is 5.55. The lowest BCUT2D eigenvalue weighted by Gasteiger charge is -2.43. The molecule has 0 saturated carbocycles. The van der Waals surface area contributed by atoms with Crippen LogP contribution in [0.5, 0.6) is 0 Å². The van der Waals surface area contributed by atoms with E-state index in [1.807, 2.05) is 18.2 Å². The maximum atomic E-state index is 10.8. The van der Waals surface area contributed by atoms with E-state index in [0.29, 0.717) is 13.2 Å². The Hall–Kier alpha value is -1.05. The van der Waals surface area contributed by atoms with Gasteiger partial charge in [-0.05, 0) is 25.2 Å². The summed E-state index contributed by atoms with van der Waals surface area (Å²) in [6.07, 6.45) is 0.830. The van der Waals surface area contributed by atoms with Gasteiger partial charge in [0.05, 0.1) is 30.5 Å². The SMILES string of the molecule is CCN(CC)C1C2OCC(O2)C(NCc2ccccn2)C1O. The van der Waals surface area contributed by atoms with Gasteiger partial charge >= 0.3 is 0 Å². The molecule has 3 heterocycles. The number of fused-ring (bicyclic) bond motifs is 2. The second-order valence-electron chi connectivity index (χ2n) is 5.81. The number of pyridine rings is 1. The molecule has 22 heavy (non-hydrogen) atoms. The molecular weight excluding hydrogens is 282 g/mol. The first-order valence-corrected chi connectivity index (χ1v) is 8.07. The minimum Gasteiger partial charge on any atom is -0.390 e. The molecule has 2 aliphatic heterocycles. The van der Waals surface area contributed by atoms with Crippen LogP contribution in [0.3, 0.4) is 0 Å². The molecular formula is C16H25N3O3. The predicted molar refractivity (Wildman–Crippen MR) is 82.2 cm³/mol. The van der Waals surface area contributed by atoms with E-state index in [1.165, 1.54) is 0 Å². The Kier molecular flexibility index (Phi) is 5.05. The number of aliphatic hydroxyl groups excluding tert-OH is 1. The highest BCUT2D eigenvalue weighted by atomic mass is 16.7. The number of hydrogen-bond acceptors (Lipinski definition) is 6. The van der Waals surface area contributed by atoms with Gasteiger partial charge in [0.2, 0.25) is 0 Å². The van der Waals surface area contributed by atoms with Crippen molar-refractivity contribution in [1.29, 1.82) is 0 Å². The Morgan fingerprint density at radius 1 is 1.36 bits per heavy atom. The Labute approximate surface area is 131 Å². The Balaban J connectivity index is 1.70. The van der Waals surface area contributed by atoms with Crippen LogP contribution in [0.15, 0.2) is 24.4 Å². The molecule has 6 heteroatoms. The van der Waals surface area contributed by atoms with Crippen LogP contribution in [0.1, 0.15) is 19.5 Å². The first-order chi connectivity index (χ1) is 10.7. The maximum Gasteiger partial charge on any atom is 0.176 e. The molecule has 6 nitrogen and oxygen atoms in total. The Bertz CT molecular complexity index is 467. The fourth-order valence-electron chi connectivity index (χ4n) is 3.41. The van der Waals surface area contributed by atoms with Gasteiger partial charge in [-0.3, -0.25) is 9.88 Å². The molecule has 2 N–H and O–H groups in total. The van der Waals surface area contributed by atoms with Gasteiger partial charge in [-0.15, -0.1) is 0 Å². The summed E-state index contributed by atoms with van der Waals surface area (Å²) < 4.78 is 11.7. The first-order valence-electron chi connectivity index (χ1n) is 8.07. The van der Waals surface area contributed by atoms with Gasteiger partial charge < -0.3 is 19.9 Å². The van der Waals surface area contributed by atoms with Gasteiger partial charge in [0.1, 0.15) is 6.10 Å². The van der Waals surface area contributed by atoms with Crippen molar-refractivity contribution >= 4 is 0 Å². The lowest BCUT2D eigenvalue weighted by atomic mass is 9.94. The predicted octanol–water partition coefficient (Wildman–Crippen LogP) is 0.366. The maximum absolute atomic E-state index is 10.8. The number of likely N-dealkylation sites (N-methyl/N-ethyl adjacent to an activating group) is 1. The van der Waals surface area contributed by atoms with Gasteiger partial charge in [0, 0.05) is 12.7 Å². The summed E-state index contributed by atoms with van der Waals surface area (Å²) in [7, 11) is 0. The number of nitrogens with one attached hydrogen (secondary N) is 1. The molecule has 3 rings (SSSR count). The molecule has 0 radical (unpaired) electrons. The highest BCUT2D eigenvalue weighted by Gasteiger charge is 2.51. The van der Waals surface area contributed by atoms with E-state index in [1.54, 1.807) is 6.20 Å². The van der Waals surface area contributed by atoms with Gasteiger partial charge in [-0.1, -0.05) is 19.9 Å². The molecule has 122 valence electrons. The minimum absolute atomic E-state index is 0.101. The van der Waals surface area contributed by atoms with Crippen LogP contribution >= 0.6 is 0 Å². The van der Waals surface area contributed by atoms with Crippen molar-refractivity contribution in [3.05, 3.63) is 30.1 Å². The highest BCUT2D eigenvalue weighted by molar-refractivity contribution is 5.06. The molecule has 2 aliphatic rings. The second-order valence-corrected chi connectivity index (χ2v) is 5.81. The van der Waals surface area contributed by atoms with Crippen LogP contribution in [0.4, 0.5) is 0 Å². The first kappa shape index (κ1) is 15.8. The summed E-state index contributed by atoms with van der Waals surface area (Å²) in [6.45, 7) is 7.04. The fourth-order valence-corrected chi connectivity index (χ4v) is 3.41. The topological polar surface area (TPSA) is 66.9 Å². The average Bonchev–Trinajstić information content (AvgIpc) is 2.97. The molecule has 2 fully saturated rings. The van der Waals surface area contributed by atoms with Crippen LogP contribution < -0.4 is 5.32 Å². The van der Waals surface area contributed by atoms with Crippen molar-refractivity contribution in [1.82, 2.24) is 15.2 Å². The molecule has 0 aromatic carbocycles. The van der Waals surface area contributed by atoms with Crippen molar-refractivity contribution in [3.63, 3.8) is 0 Å². The third kappa shape index (κ3) is 3.02. The van der Waals surface area contributed by atoms with Crippen LogP contribution in [0, 0.1) is 0 Å². The standard InChI is InChI=1S/C16H25N3O3/c1-3-19(4-2)14-15(20)13(12-10-21-16(14)22-12)18-9-11-7-5-6-8-17-11/h5-8,12-16,18,20H,3-4,9-10H2,1-2H3. The van der Waals surface area contributed by atoms with E-state index in [-0.39, 0.29) is 24.5 Å². The molecule has 1 aromatic rings. The minimum atomic E-state index is -0.519. The summed E-state index contributed by atoms with van der Waals surface area (Å²) in [5.74, 6) is 0. The molecule has 5 unspecified atom stereocenters. The van der Waals surface area contributed by atoms with Crippen molar-refractivity contribution in [2.75, 3.05) is 19.7 Å². The fraction of sp³-hybridized carbons (Fsp3) is 0.688. The molecule has 2 saturated heterocycles. The zero-order valence-corrected chi connectivity index (χ0v) is 13.2. The van der Waals surface area contributed by atoms with Crippen molar-refractivity contribution in [2.24, 2.45) is 0 Å². The Morgan fingerprint density at radius 2 is 2.18 bits per heavy atom. The van der Waals surface area contributed by atoms with E-state index < -0.39 is 6.10 Å². The lowest BCUT2D eigenvalue weighted by Crippen LogP contribution is -2.64. The Morgan fingerprint density at radius 3 is 2.86 bits per heavy atom. The average molecular weight is 307 g/mol. The summed E-state index contributed by atoms with van der Waals surface area (Å²) >= 11 is 0. The lowest BCUT2D eigenvalue weighted by molar-refractivity contribution is -0.181. The highest BCUT2D eigenvalue weighted by Crippen LogP contribution is 2.31. The molecule has 2 bridgehead atoms. The number of hydrogen-bond donors (Lipinski definition) is 2. The molecule has 5 atom stereocenters. The number of aliphatic hydroxyl groups is 1. The van der Waals surface area contributed by atoms with Crippen LogP contribution in [0.2, 0.25) is 0 Å². The number of nitrogens with zero attached hydrogens (tertiary/aromatic N) is 2. The third-order valence-corrected chi connectivity index (χ3v) is 4.61. The smallest absolute Gasteiger partial charge is 0.176 e. The number of ether oxygens (including phenoxy) is 2. The van der Waals surface area contributed by atoms with Crippen LogP contribution in [0.25, 0.3) is 0 Å². The van der Waals surface area contributed by atoms with Crippen LogP contribution in [-0.2, 0) is 16.0 Å². The zero-order valence-electron chi connectivity index (χ0n) is 13.2. The molecule has 0 amide bonds. The number of aromatic nitrogens is 1. The van der Waals surface area contributed by atoms with E-state index in [0.717, 1.165) is 18.8 Å². The van der Waals surface area contributed by atoms with Crippen molar-refractivity contribution < 1.29 is 14.6 Å². The molecule has 0 aliphatic carbocycles. The third-order valence-electron chi connectivity index (χ3n) is 4.61. The zero-order chi connectivity index (χ0) is 15.5. The van der Waals surface area contributed by atoms with Gasteiger partial charge in [-0.2, -0.15) is 0 Å². The normalized spacial score (nSPS) is 34.3. The number of rotatable bonds is 6. The monoisotopic (exact) mass is 307 g/mol. The van der Waals surface area contributed by atoms with Gasteiger partial charge in [0.25, 0.3) is 0 Å². The van der Waals surface area contributed by atoms with Gasteiger partial charge in [-0.25, -0.2) is 0 Å². The molecule has 1 aromatic heterocycles. The van der Waals surface area contributed by atoms with Crippen molar-refractivity contribution in [3.8, 4) is 0 Å². The van der Waals surface area contributed by atoms with E-state index in [2.05, 4.69) is 29.0 Å². The summed E-state index contributed by atoms with van der Waals surface area (Å²) in [5, 5.41) is 14.2. The van der Waals surface area contributed by atoms with Gasteiger partial charge in [0.15, 0.2) is 6.29 Å². The quantitative estimate of drug-likeness (QED) is 0.791. The largest absolute Gasteiger partial charge is 0.390 e. The van der Waals surface area contributed by atoms with E-state index in [4.69, 9.17) is 9.47 Å². The van der Waals surface area contributed by atoms with E-state index >= 15 is 0 Å². The van der Waals surface area contributed by atoms with E-state index in [9.17, 15) is 5.11 Å².